The minimum Gasteiger partial charge on any atom is -0.366 e. The third kappa shape index (κ3) is 5.23. The maximum Gasteiger partial charge on any atom is 0.417 e. The van der Waals surface area contributed by atoms with Crippen LogP contribution in [-0.4, -0.2) is 24.9 Å². The molecule has 3 rings (SSSR count). The molecule has 1 unspecified atom stereocenters. The van der Waals surface area contributed by atoms with Gasteiger partial charge in [0.1, 0.15) is 11.4 Å². The van der Waals surface area contributed by atoms with Crippen molar-refractivity contribution in [3.05, 3.63) is 106 Å². The predicted molar refractivity (Wildman–Crippen MR) is 111 cm³/mol. The minimum atomic E-state index is -4.75. The van der Waals surface area contributed by atoms with Gasteiger partial charge in [0.05, 0.1) is 12.2 Å². The van der Waals surface area contributed by atoms with Gasteiger partial charge in [0, 0.05) is 23.5 Å². The minimum absolute atomic E-state index is 0.0320. The second kappa shape index (κ2) is 9.64. The molecule has 0 aliphatic heterocycles. The molecular formula is C23H19F4N3O. The molecule has 0 fully saturated rings. The summed E-state index contributed by atoms with van der Waals surface area (Å²) < 4.78 is 62.9. The van der Waals surface area contributed by atoms with Gasteiger partial charge in [-0.25, -0.2) is 4.39 Å². The fourth-order valence-corrected chi connectivity index (χ4v) is 3.55. The Bertz CT molecular complexity index is 1040. The van der Waals surface area contributed by atoms with E-state index < -0.39 is 23.2 Å². The van der Waals surface area contributed by atoms with Crippen LogP contribution in [0.25, 0.3) is 21.6 Å². The van der Waals surface area contributed by atoms with E-state index in [9.17, 15) is 17.6 Å². The number of hydrogen-bond acceptors (Lipinski definition) is 2. The number of hydrogen-bond donors (Lipinski definition) is 0. The lowest BCUT2D eigenvalue weighted by molar-refractivity contribution is -0.0696. The molecule has 0 saturated heterocycles. The van der Waals surface area contributed by atoms with Crippen LogP contribution in [0.5, 0.6) is 0 Å². The van der Waals surface area contributed by atoms with Crippen LogP contribution in [0.1, 0.15) is 17.5 Å². The third-order valence-electron chi connectivity index (χ3n) is 4.80. The number of benzene rings is 2. The topological polar surface area (TPSA) is 58.0 Å². The number of azide groups is 1. The number of nitrogens with zero attached hydrogens (tertiary/aromatic N) is 3. The molecule has 0 amide bonds. The first-order valence-corrected chi connectivity index (χ1v) is 9.50. The van der Waals surface area contributed by atoms with Crippen LogP contribution in [-0.2, 0) is 4.74 Å². The maximum atomic E-state index is 14.5. The predicted octanol–water partition coefficient (Wildman–Crippen LogP) is 6.88. The fourth-order valence-electron chi connectivity index (χ4n) is 3.55. The summed E-state index contributed by atoms with van der Waals surface area (Å²) in [4.78, 5) is 2.66. The van der Waals surface area contributed by atoms with Crippen molar-refractivity contribution in [1.82, 2.24) is 0 Å². The first-order chi connectivity index (χ1) is 14.9. The van der Waals surface area contributed by atoms with Crippen molar-refractivity contribution < 1.29 is 22.3 Å². The molecule has 4 nitrogen and oxygen atoms in total. The zero-order valence-electron chi connectivity index (χ0n) is 16.4. The van der Waals surface area contributed by atoms with E-state index in [0.29, 0.717) is 5.56 Å². The van der Waals surface area contributed by atoms with Crippen molar-refractivity contribution in [3.63, 3.8) is 0 Å². The first-order valence-electron chi connectivity index (χ1n) is 9.50. The van der Waals surface area contributed by atoms with E-state index >= 15 is 0 Å². The number of alkyl halides is 3. The summed E-state index contributed by atoms with van der Waals surface area (Å²) in [6.45, 7) is -0.108. The highest BCUT2D eigenvalue weighted by molar-refractivity contribution is 5.97. The standard InChI is InChI=1S/C23H19F4N3O/c24-19-11-9-18(10-12-19)21(23(25,26)27)20(17-7-3-1-4-8-17)22(13-5-2-6-14-22)31-16-15-29-30-28/h1-13H,14-16H2. The van der Waals surface area contributed by atoms with Crippen LogP contribution in [0.2, 0.25) is 0 Å². The van der Waals surface area contributed by atoms with Crippen LogP contribution in [0, 0.1) is 5.82 Å². The van der Waals surface area contributed by atoms with Gasteiger partial charge in [-0.1, -0.05) is 65.8 Å². The van der Waals surface area contributed by atoms with E-state index in [2.05, 4.69) is 10.0 Å². The highest BCUT2D eigenvalue weighted by Gasteiger charge is 2.45. The van der Waals surface area contributed by atoms with Crippen LogP contribution in [0.15, 0.2) is 84.0 Å². The lowest BCUT2D eigenvalue weighted by Crippen LogP contribution is -2.36. The van der Waals surface area contributed by atoms with Crippen LogP contribution < -0.4 is 0 Å². The number of allylic oxidation sites excluding steroid dienone is 3. The number of ether oxygens (including phenoxy) is 1. The monoisotopic (exact) mass is 429 g/mol. The third-order valence-corrected chi connectivity index (χ3v) is 4.80. The number of rotatable bonds is 7. The van der Waals surface area contributed by atoms with Crippen molar-refractivity contribution in [1.29, 1.82) is 0 Å². The summed E-state index contributed by atoms with van der Waals surface area (Å²) in [5, 5.41) is 3.41. The van der Waals surface area contributed by atoms with Crippen LogP contribution in [0.4, 0.5) is 17.6 Å². The van der Waals surface area contributed by atoms with E-state index in [1.54, 1.807) is 54.6 Å². The number of halogens is 4. The summed E-state index contributed by atoms with van der Waals surface area (Å²) in [5.74, 6) is -0.632. The smallest absolute Gasteiger partial charge is 0.366 e. The SMILES string of the molecule is [N-]=[N+]=NCCOC1(C(=C(c2ccc(F)cc2)C(F)(F)F)c2ccccc2)C=CC=CC1. The second-order valence-electron chi connectivity index (χ2n) is 6.80. The Morgan fingerprint density at radius 2 is 1.74 bits per heavy atom. The molecule has 160 valence electrons. The van der Waals surface area contributed by atoms with E-state index in [1.807, 2.05) is 0 Å². The van der Waals surface area contributed by atoms with Crippen molar-refractivity contribution in [2.24, 2.45) is 5.11 Å². The van der Waals surface area contributed by atoms with E-state index in [4.69, 9.17) is 10.3 Å². The lowest BCUT2D eigenvalue weighted by atomic mass is 9.78. The van der Waals surface area contributed by atoms with Gasteiger partial charge < -0.3 is 4.74 Å². The maximum absolute atomic E-state index is 14.5. The molecule has 0 aromatic heterocycles. The fraction of sp³-hybridized carbons (Fsp3) is 0.217. The molecule has 0 heterocycles. The quantitative estimate of drug-likeness (QED) is 0.118. The van der Waals surface area contributed by atoms with E-state index in [0.717, 1.165) is 24.3 Å². The van der Waals surface area contributed by atoms with Crippen LogP contribution in [0.3, 0.4) is 0 Å². The zero-order valence-corrected chi connectivity index (χ0v) is 16.4. The van der Waals surface area contributed by atoms with Gasteiger partial charge in [-0.3, -0.25) is 0 Å². The molecule has 0 spiro atoms. The van der Waals surface area contributed by atoms with E-state index in [1.165, 1.54) is 0 Å². The first kappa shape index (κ1) is 22.3. The molecule has 8 heteroatoms. The van der Waals surface area contributed by atoms with E-state index in [-0.39, 0.29) is 30.7 Å². The molecule has 0 bridgehead atoms. The van der Waals surface area contributed by atoms with Gasteiger partial charge in [-0.2, -0.15) is 13.2 Å². The molecular weight excluding hydrogens is 410 g/mol. The molecule has 2 aromatic carbocycles. The Labute approximate surface area is 176 Å². The zero-order chi connectivity index (χ0) is 22.3. The molecule has 0 saturated carbocycles. The van der Waals surface area contributed by atoms with Crippen molar-refractivity contribution >= 4 is 11.1 Å². The highest BCUT2D eigenvalue weighted by Crippen LogP contribution is 2.47. The normalized spacial score (nSPS) is 19.0. The molecule has 31 heavy (non-hydrogen) atoms. The van der Waals surface area contributed by atoms with Gasteiger partial charge in [0.25, 0.3) is 0 Å². The Hall–Kier alpha value is -3.35. The van der Waals surface area contributed by atoms with Gasteiger partial charge in [0.15, 0.2) is 0 Å². The van der Waals surface area contributed by atoms with Crippen LogP contribution >= 0.6 is 0 Å². The molecule has 1 aliphatic rings. The Balaban J connectivity index is 2.31. The second-order valence-corrected chi connectivity index (χ2v) is 6.80. The Morgan fingerprint density at radius 1 is 1.03 bits per heavy atom. The summed E-state index contributed by atoms with van der Waals surface area (Å²) in [6.07, 6.45) is 2.03. The Kier molecular flexibility index (Phi) is 6.95. The summed E-state index contributed by atoms with van der Waals surface area (Å²) >= 11 is 0. The Morgan fingerprint density at radius 3 is 2.32 bits per heavy atom. The molecule has 0 radical (unpaired) electrons. The molecule has 0 N–H and O–H groups in total. The average Bonchev–Trinajstić information content (AvgIpc) is 2.76. The summed E-state index contributed by atoms with van der Waals surface area (Å²) in [6, 6.07) is 12.4. The molecule has 2 aromatic rings. The van der Waals surface area contributed by atoms with Gasteiger partial charge in [0.2, 0.25) is 0 Å². The summed E-state index contributed by atoms with van der Waals surface area (Å²) in [5.41, 5.74) is 6.20. The summed E-state index contributed by atoms with van der Waals surface area (Å²) in [7, 11) is 0. The average molecular weight is 429 g/mol. The van der Waals surface area contributed by atoms with Gasteiger partial charge in [-0.15, -0.1) is 0 Å². The molecule has 1 atom stereocenters. The lowest BCUT2D eigenvalue weighted by Gasteiger charge is -2.37. The van der Waals surface area contributed by atoms with Gasteiger partial charge in [-0.05, 0) is 34.9 Å². The van der Waals surface area contributed by atoms with Crippen molar-refractivity contribution in [2.45, 2.75) is 18.2 Å². The van der Waals surface area contributed by atoms with Crippen molar-refractivity contribution in [2.75, 3.05) is 13.2 Å². The molecule has 1 aliphatic carbocycles. The van der Waals surface area contributed by atoms with Gasteiger partial charge >= 0.3 is 6.18 Å². The largest absolute Gasteiger partial charge is 0.417 e. The van der Waals surface area contributed by atoms with Crippen molar-refractivity contribution in [3.8, 4) is 0 Å². The highest BCUT2D eigenvalue weighted by atomic mass is 19.4.